The number of sulfonamides is 1. The number of hydrogen-bond acceptors (Lipinski definition) is 5. The van der Waals surface area contributed by atoms with Crippen LogP contribution in [0.15, 0.2) is 47.4 Å². The smallest absolute Gasteiger partial charge is 0.312 e. The number of piperazine rings is 1. The molecule has 1 saturated heterocycles. The summed E-state index contributed by atoms with van der Waals surface area (Å²) in [6, 6.07) is 10.9. The van der Waals surface area contributed by atoms with Crippen LogP contribution in [0.2, 0.25) is 0 Å². The van der Waals surface area contributed by atoms with E-state index < -0.39 is 14.9 Å². The van der Waals surface area contributed by atoms with Gasteiger partial charge in [-0.15, -0.1) is 0 Å². The van der Waals surface area contributed by atoms with E-state index in [-0.39, 0.29) is 16.3 Å². The van der Waals surface area contributed by atoms with Crippen molar-refractivity contribution >= 4 is 15.7 Å². The van der Waals surface area contributed by atoms with Gasteiger partial charge in [-0.25, -0.2) is 8.42 Å². The summed E-state index contributed by atoms with van der Waals surface area (Å²) in [5.74, 6) is 0.461. The van der Waals surface area contributed by atoms with E-state index in [1.165, 1.54) is 21.3 Å². The van der Waals surface area contributed by atoms with Crippen LogP contribution < -0.4 is 9.64 Å². The summed E-state index contributed by atoms with van der Waals surface area (Å²) >= 11 is 0. The number of nitrogens with zero attached hydrogens (tertiary/aromatic N) is 2. The molecule has 0 atom stereocenters. The van der Waals surface area contributed by atoms with Crippen LogP contribution in [0.1, 0.15) is 5.56 Å². The molecule has 0 aliphatic carbocycles. The number of nitro benzene ring substituents is 1. The SMILES string of the molecule is Cc1cccc(Oc2ccc(S(=O)(=O)N3CC[NH+](C)CC3)cc2[N+](=O)[O-])c1. The zero-order valence-electron chi connectivity index (χ0n) is 15.2. The van der Waals surface area contributed by atoms with E-state index in [0.29, 0.717) is 31.9 Å². The first-order valence-corrected chi connectivity index (χ1v) is 10.1. The monoisotopic (exact) mass is 392 g/mol. The molecule has 3 rings (SSSR count). The Morgan fingerprint density at radius 1 is 1.15 bits per heavy atom. The number of aryl methyl sites for hydroxylation is 1. The first-order chi connectivity index (χ1) is 12.8. The van der Waals surface area contributed by atoms with Crippen LogP contribution in [-0.2, 0) is 10.0 Å². The first-order valence-electron chi connectivity index (χ1n) is 8.62. The van der Waals surface area contributed by atoms with E-state index >= 15 is 0 Å². The average molecular weight is 392 g/mol. The van der Waals surface area contributed by atoms with E-state index in [0.717, 1.165) is 11.6 Å². The normalized spacial score (nSPS) is 16.2. The summed E-state index contributed by atoms with van der Waals surface area (Å²) in [6.45, 7) is 4.08. The van der Waals surface area contributed by atoms with Gasteiger partial charge in [-0.1, -0.05) is 12.1 Å². The zero-order chi connectivity index (χ0) is 19.6. The van der Waals surface area contributed by atoms with Crippen LogP contribution in [0.4, 0.5) is 5.69 Å². The maximum atomic E-state index is 12.8. The third-order valence-electron chi connectivity index (χ3n) is 4.56. The van der Waals surface area contributed by atoms with Crippen molar-refractivity contribution in [1.82, 2.24) is 4.31 Å². The summed E-state index contributed by atoms with van der Waals surface area (Å²) in [5.41, 5.74) is 0.573. The van der Waals surface area contributed by atoms with Crippen molar-refractivity contribution in [1.29, 1.82) is 0 Å². The van der Waals surface area contributed by atoms with Gasteiger partial charge in [0.1, 0.15) is 5.75 Å². The Labute approximate surface area is 158 Å². The molecule has 0 spiro atoms. The van der Waals surface area contributed by atoms with Gasteiger partial charge in [0.05, 0.1) is 43.0 Å². The van der Waals surface area contributed by atoms with Crippen LogP contribution in [0.3, 0.4) is 0 Å². The molecule has 0 aromatic heterocycles. The second-order valence-electron chi connectivity index (χ2n) is 6.67. The van der Waals surface area contributed by atoms with Gasteiger partial charge in [-0.2, -0.15) is 4.31 Å². The van der Waals surface area contributed by atoms with Gasteiger partial charge in [0, 0.05) is 6.07 Å². The third-order valence-corrected chi connectivity index (χ3v) is 6.45. The molecule has 0 radical (unpaired) electrons. The standard InChI is InChI=1S/C18H21N3O5S/c1-14-4-3-5-15(12-14)26-18-7-6-16(13-17(18)21(22)23)27(24,25)20-10-8-19(2)9-11-20/h3-7,12-13H,8-11H2,1-2H3/p+1. The minimum atomic E-state index is -3.78. The van der Waals surface area contributed by atoms with Crippen molar-refractivity contribution in [2.24, 2.45) is 0 Å². The fourth-order valence-corrected chi connectivity index (χ4v) is 4.41. The summed E-state index contributed by atoms with van der Waals surface area (Å²) in [6.07, 6.45) is 0. The predicted molar refractivity (Wildman–Crippen MR) is 99.7 cm³/mol. The molecule has 1 aliphatic heterocycles. The summed E-state index contributed by atoms with van der Waals surface area (Å²) in [7, 11) is -1.77. The maximum Gasteiger partial charge on any atom is 0.312 e. The van der Waals surface area contributed by atoms with E-state index in [1.807, 2.05) is 20.0 Å². The lowest BCUT2D eigenvalue weighted by atomic mass is 10.2. The van der Waals surface area contributed by atoms with E-state index in [4.69, 9.17) is 4.74 Å². The molecule has 9 heteroatoms. The lowest BCUT2D eigenvalue weighted by Crippen LogP contribution is -3.12. The Kier molecular flexibility index (Phi) is 5.45. The predicted octanol–water partition coefficient (Wildman–Crippen LogP) is 1.21. The van der Waals surface area contributed by atoms with Gasteiger partial charge in [-0.05, 0) is 36.8 Å². The van der Waals surface area contributed by atoms with Crippen molar-refractivity contribution in [3.63, 3.8) is 0 Å². The molecule has 0 amide bonds. The molecule has 1 aliphatic rings. The van der Waals surface area contributed by atoms with Crippen molar-refractivity contribution in [3.05, 3.63) is 58.1 Å². The molecule has 0 unspecified atom stereocenters. The maximum absolute atomic E-state index is 12.8. The number of benzene rings is 2. The van der Waals surface area contributed by atoms with Gasteiger partial charge >= 0.3 is 5.69 Å². The van der Waals surface area contributed by atoms with Crippen LogP contribution in [0.5, 0.6) is 11.5 Å². The van der Waals surface area contributed by atoms with Crippen molar-refractivity contribution in [2.75, 3.05) is 33.2 Å². The molecular formula is C18H22N3O5S+. The number of rotatable bonds is 5. The third kappa shape index (κ3) is 4.26. The van der Waals surface area contributed by atoms with Gasteiger partial charge in [0.15, 0.2) is 0 Å². The number of hydrogen-bond donors (Lipinski definition) is 1. The number of nitro groups is 1. The number of nitrogens with one attached hydrogen (secondary N) is 1. The minimum Gasteiger partial charge on any atom is -0.450 e. The molecule has 27 heavy (non-hydrogen) atoms. The van der Waals surface area contributed by atoms with E-state index in [9.17, 15) is 18.5 Å². The summed E-state index contributed by atoms with van der Waals surface area (Å²) in [5, 5.41) is 11.5. The van der Waals surface area contributed by atoms with E-state index in [2.05, 4.69) is 0 Å². The van der Waals surface area contributed by atoms with Crippen LogP contribution in [-0.4, -0.2) is 50.9 Å². The fourth-order valence-electron chi connectivity index (χ4n) is 2.95. The highest BCUT2D eigenvalue weighted by molar-refractivity contribution is 7.89. The molecule has 2 aromatic rings. The highest BCUT2D eigenvalue weighted by atomic mass is 32.2. The van der Waals surface area contributed by atoms with Crippen molar-refractivity contribution in [3.8, 4) is 11.5 Å². The Morgan fingerprint density at radius 3 is 2.48 bits per heavy atom. The van der Waals surface area contributed by atoms with Crippen LogP contribution in [0.25, 0.3) is 0 Å². The number of ether oxygens (including phenoxy) is 1. The zero-order valence-corrected chi connectivity index (χ0v) is 16.0. The summed E-state index contributed by atoms with van der Waals surface area (Å²) in [4.78, 5) is 12.0. The number of quaternary nitrogens is 1. The van der Waals surface area contributed by atoms with Gasteiger partial charge in [0.25, 0.3) is 0 Å². The van der Waals surface area contributed by atoms with Gasteiger partial charge in [0.2, 0.25) is 15.8 Å². The van der Waals surface area contributed by atoms with Gasteiger partial charge < -0.3 is 9.64 Å². The Bertz CT molecular complexity index is 953. The second-order valence-corrected chi connectivity index (χ2v) is 8.60. The van der Waals surface area contributed by atoms with Crippen LogP contribution >= 0.6 is 0 Å². The number of likely N-dealkylation sites (N-methyl/N-ethyl adjacent to an activating group) is 1. The average Bonchev–Trinajstić information content (AvgIpc) is 2.62. The van der Waals surface area contributed by atoms with Crippen LogP contribution in [0, 0.1) is 17.0 Å². The topological polar surface area (TPSA) is 94.2 Å². The molecule has 1 heterocycles. The molecule has 2 aromatic carbocycles. The fraction of sp³-hybridized carbons (Fsp3) is 0.333. The highest BCUT2D eigenvalue weighted by Gasteiger charge is 2.31. The molecular weight excluding hydrogens is 370 g/mol. The largest absolute Gasteiger partial charge is 0.450 e. The van der Waals surface area contributed by atoms with E-state index in [1.54, 1.807) is 18.2 Å². The lowest BCUT2D eigenvalue weighted by molar-refractivity contribution is -0.883. The Hall–Kier alpha value is -2.49. The molecule has 1 fully saturated rings. The van der Waals surface area contributed by atoms with Crippen molar-refractivity contribution in [2.45, 2.75) is 11.8 Å². The highest BCUT2D eigenvalue weighted by Crippen LogP contribution is 2.34. The molecule has 144 valence electrons. The molecule has 0 bridgehead atoms. The molecule has 1 N–H and O–H groups in total. The van der Waals surface area contributed by atoms with Gasteiger partial charge in [-0.3, -0.25) is 10.1 Å². The molecule has 8 nitrogen and oxygen atoms in total. The first kappa shape index (κ1) is 19.3. The quantitative estimate of drug-likeness (QED) is 0.610. The second kappa shape index (κ2) is 7.63. The lowest BCUT2D eigenvalue weighted by Gasteiger charge is -2.29. The summed E-state index contributed by atoms with van der Waals surface area (Å²) < 4.78 is 32.7. The van der Waals surface area contributed by atoms with Crippen molar-refractivity contribution < 1.29 is 23.0 Å². The Morgan fingerprint density at radius 2 is 1.85 bits per heavy atom. The Balaban J connectivity index is 1.92. The molecule has 0 saturated carbocycles. The minimum absolute atomic E-state index is 0.00683.